The maximum absolute atomic E-state index is 13.1. The van der Waals surface area contributed by atoms with Crippen molar-refractivity contribution in [3.63, 3.8) is 0 Å². The number of nitrogens with one attached hydrogen (secondary N) is 1. The lowest BCUT2D eigenvalue weighted by Crippen LogP contribution is -2.45. The second kappa shape index (κ2) is 8.58. The quantitative estimate of drug-likeness (QED) is 0.689. The number of benzene rings is 1. The summed E-state index contributed by atoms with van der Waals surface area (Å²) in [6, 6.07) is 4.67. The molecule has 1 aromatic rings. The van der Waals surface area contributed by atoms with Crippen molar-refractivity contribution < 1.29 is 23.5 Å². The van der Waals surface area contributed by atoms with E-state index in [4.69, 9.17) is 4.43 Å². The Morgan fingerprint density at radius 1 is 1.32 bits per heavy atom. The summed E-state index contributed by atoms with van der Waals surface area (Å²) >= 11 is 0. The van der Waals surface area contributed by atoms with Crippen LogP contribution in [0.5, 0.6) is 0 Å². The van der Waals surface area contributed by atoms with Gasteiger partial charge in [0.15, 0.2) is 8.32 Å². The summed E-state index contributed by atoms with van der Waals surface area (Å²) in [5.74, 6) is -1.99. The summed E-state index contributed by atoms with van der Waals surface area (Å²) < 4.78 is 19.1. The van der Waals surface area contributed by atoms with Crippen LogP contribution in [0.15, 0.2) is 24.3 Å². The standard InChI is InChI=1S/C18H28FNO4Si/c1-18(2,3)25(4,5)24-10-9-15(17(22)23)20-16(21)12-13-7-6-8-14(19)11-13/h6-8,11,15H,9-10,12H2,1-5H3,(H,20,21)(H,22,23)/t15-/m0/s1. The van der Waals surface area contributed by atoms with Gasteiger partial charge in [-0.05, 0) is 35.8 Å². The lowest BCUT2D eigenvalue weighted by molar-refractivity contribution is -0.142. The fourth-order valence-corrected chi connectivity index (χ4v) is 3.04. The molecule has 25 heavy (non-hydrogen) atoms. The number of hydrogen-bond donors (Lipinski definition) is 2. The molecule has 0 aromatic heterocycles. The van der Waals surface area contributed by atoms with Gasteiger partial charge in [-0.2, -0.15) is 0 Å². The lowest BCUT2D eigenvalue weighted by Gasteiger charge is -2.36. The van der Waals surface area contributed by atoms with E-state index in [0.717, 1.165) is 0 Å². The SMILES string of the molecule is CC(C)(C)[Si](C)(C)OCC[C@H](NC(=O)Cc1cccc(F)c1)C(=O)O. The van der Waals surface area contributed by atoms with E-state index in [0.29, 0.717) is 5.56 Å². The number of carboxylic acids is 1. The molecule has 0 spiro atoms. The van der Waals surface area contributed by atoms with Crippen LogP contribution in [0, 0.1) is 5.82 Å². The molecule has 1 aromatic carbocycles. The highest BCUT2D eigenvalue weighted by atomic mass is 28.4. The zero-order valence-electron chi connectivity index (χ0n) is 15.6. The van der Waals surface area contributed by atoms with Crippen LogP contribution >= 0.6 is 0 Å². The van der Waals surface area contributed by atoms with Crippen LogP contribution in [0.25, 0.3) is 0 Å². The van der Waals surface area contributed by atoms with Crippen LogP contribution in [-0.4, -0.2) is 37.9 Å². The molecule has 1 rings (SSSR count). The van der Waals surface area contributed by atoms with E-state index in [1.807, 2.05) is 0 Å². The second-order valence-electron chi connectivity index (χ2n) is 7.66. The average Bonchev–Trinajstić information content (AvgIpc) is 2.44. The molecule has 0 radical (unpaired) electrons. The number of carbonyl (C=O) groups excluding carboxylic acids is 1. The van der Waals surface area contributed by atoms with Crippen LogP contribution in [0.3, 0.4) is 0 Å². The van der Waals surface area contributed by atoms with Gasteiger partial charge in [-0.1, -0.05) is 32.9 Å². The van der Waals surface area contributed by atoms with E-state index < -0.39 is 32.1 Å². The van der Waals surface area contributed by atoms with E-state index in [-0.39, 0.29) is 24.5 Å². The predicted molar refractivity (Wildman–Crippen MR) is 97.4 cm³/mol. The summed E-state index contributed by atoms with van der Waals surface area (Å²) in [6.45, 7) is 10.8. The van der Waals surface area contributed by atoms with Gasteiger partial charge in [-0.15, -0.1) is 0 Å². The van der Waals surface area contributed by atoms with E-state index in [2.05, 4.69) is 39.2 Å². The van der Waals surface area contributed by atoms with E-state index >= 15 is 0 Å². The molecule has 0 aliphatic heterocycles. The number of hydrogen-bond acceptors (Lipinski definition) is 3. The zero-order chi connectivity index (χ0) is 19.3. The van der Waals surface area contributed by atoms with Gasteiger partial charge in [0.1, 0.15) is 11.9 Å². The number of carboxylic acid groups (broad SMARTS) is 1. The topological polar surface area (TPSA) is 75.6 Å². The third-order valence-electron chi connectivity index (χ3n) is 4.56. The molecule has 2 N–H and O–H groups in total. The minimum atomic E-state index is -1.96. The summed E-state index contributed by atoms with van der Waals surface area (Å²) in [5, 5.41) is 11.8. The van der Waals surface area contributed by atoms with Gasteiger partial charge in [-0.25, -0.2) is 9.18 Å². The largest absolute Gasteiger partial charge is 0.480 e. The Labute approximate surface area is 149 Å². The molecule has 0 heterocycles. The van der Waals surface area contributed by atoms with Gasteiger partial charge in [-0.3, -0.25) is 4.79 Å². The van der Waals surface area contributed by atoms with Crippen molar-refractivity contribution in [2.24, 2.45) is 0 Å². The monoisotopic (exact) mass is 369 g/mol. The molecule has 7 heteroatoms. The van der Waals surface area contributed by atoms with E-state index in [9.17, 15) is 19.1 Å². The average molecular weight is 370 g/mol. The summed E-state index contributed by atoms with van der Waals surface area (Å²) in [4.78, 5) is 23.4. The third kappa shape index (κ3) is 6.95. The number of rotatable bonds is 8. The molecule has 1 atom stereocenters. The molecule has 0 fully saturated rings. The van der Waals surface area contributed by atoms with Crippen molar-refractivity contribution >= 4 is 20.2 Å². The highest BCUT2D eigenvalue weighted by Gasteiger charge is 2.37. The number of halogens is 1. The fraction of sp³-hybridized carbons (Fsp3) is 0.556. The summed E-state index contributed by atoms with van der Waals surface area (Å²) in [7, 11) is -1.96. The minimum Gasteiger partial charge on any atom is -0.480 e. The molecule has 0 aliphatic carbocycles. The molecular formula is C18H28FNO4Si. The van der Waals surface area contributed by atoms with E-state index in [1.165, 1.54) is 18.2 Å². The zero-order valence-corrected chi connectivity index (χ0v) is 16.6. The van der Waals surface area contributed by atoms with Crippen molar-refractivity contribution in [1.82, 2.24) is 5.32 Å². The Kier molecular flexibility index (Phi) is 7.31. The van der Waals surface area contributed by atoms with Gasteiger partial charge in [0, 0.05) is 13.0 Å². The molecule has 0 saturated heterocycles. The molecular weight excluding hydrogens is 341 g/mol. The highest BCUT2D eigenvalue weighted by Crippen LogP contribution is 2.36. The molecule has 0 bridgehead atoms. The van der Waals surface area contributed by atoms with Crippen molar-refractivity contribution in [1.29, 1.82) is 0 Å². The third-order valence-corrected chi connectivity index (χ3v) is 9.10. The molecule has 0 saturated carbocycles. The van der Waals surface area contributed by atoms with Crippen molar-refractivity contribution in [2.45, 2.75) is 57.8 Å². The number of aliphatic carboxylic acids is 1. The first-order valence-electron chi connectivity index (χ1n) is 8.33. The lowest BCUT2D eigenvalue weighted by atomic mass is 10.1. The first kappa shape index (κ1) is 21.3. The highest BCUT2D eigenvalue weighted by molar-refractivity contribution is 6.74. The normalized spacial score (nSPS) is 13.4. The van der Waals surface area contributed by atoms with Gasteiger partial charge in [0.25, 0.3) is 0 Å². The van der Waals surface area contributed by atoms with Crippen LogP contribution in [0.2, 0.25) is 18.1 Å². The predicted octanol–water partition coefficient (Wildman–Crippen LogP) is 3.35. The Morgan fingerprint density at radius 2 is 1.96 bits per heavy atom. The second-order valence-corrected chi connectivity index (χ2v) is 12.5. The summed E-state index contributed by atoms with van der Waals surface area (Å²) in [6.07, 6.45) is 0.126. The Hall–Kier alpha value is -1.73. The molecule has 5 nitrogen and oxygen atoms in total. The molecule has 0 unspecified atom stereocenters. The Balaban J connectivity index is 2.57. The van der Waals surface area contributed by atoms with Crippen molar-refractivity contribution in [2.75, 3.05) is 6.61 Å². The van der Waals surface area contributed by atoms with Gasteiger partial charge < -0.3 is 14.8 Å². The van der Waals surface area contributed by atoms with E-state index in [1.54, 1.807) is 6.07 Å². The van der Waals surface area contributed by atoms with Crippen molar-refractivity contribution in [3.8, 4) is 0 Å². The maximum Gasteiger partial charge on any atom is 0.326 e. The number of amides is 1. The van der Waals surface area contributed by atoms with Crippen LogP contribution in [-0.2, 0) is 20.4 Å². The smallest absolute Gasteiger partial charge is 0.326 e. The van der Waals surface area contributed by atoms with Crippen LogP contribution in [0.4, 0.5) is 4.39 Å². The molecule has 140 valence electrons. The first-order chi connectivity index (χ1) is 11.4. The maximum atomic E-state index is 13.1. The molecule has 1 amide bonds. The van der Waals surface area contributed by atoms with Crippen LogP contribution in [0.1, 0.15) is 32.8 Å². The Bertz CT molecular complexity index is 613. The van der Waals surface area contributed by atoms with Gasteiger partial charge in [0.05, 0.1) is 6.42 Å². The Morgan fingerprint density at radius 3 is 2.48 bits per heavy atom. The molecule has 0 aliphatic rings. The number of carbonyl (C=O) groups is 2. The van der Waals surface area contributed by atoms with Gasteiger partial charge >= 0.3 is 5.97 Å². The van der Waals surface area contributed by atoms with Crippen LogP contribution < -0.4 is 5.32 Å². The minimum absolute atomic E-state index is 0.0341. The first-order valence-corrected chi connectivity index (χ1v) is 11.2. The summed E-state index contributed by atoms with van der Waals surface area (Å²) in [5.41, 5.74) is 0.499. The van der Waals surface area contributed by atoms with Crippen molar-refractivity contribution in [3.05, 3.63) is 35.6 Å². The van der Waals surface area contributed by atoms with Gasteiger partial charge in [0.2, 0.25) is 5.91 Å². The fourth-order valence-electron chi connectivity index (χ4n) is 1.98.